The fourth-order valence-corrected chi connectivity index (χ4v) is 3.36. The zero-order valence-electron chi connectivity index (χ0n) is 15.8. The van der Waals surface area contributed by atoms with Crippen LogP contribution in [0.3, 0.4) is 0 Å². The SMILES string of the molecule is CCOC(=O)c1c(OCC(O)CO)c2ccccc2n1Cc1ccc(Cl)c(Cl)c1. The number of aliphatic hydroxyl groups excluding tert-OH is 2. The Hall–Kier alpha value is -2.25. The van der Waals surface area contributed by atoms with Gasteiger partial charge >= 0.3 is 5.97 Å². The Balaban J connectivity index is 2.14. The Morgan fingerprint density at radius 2 is 1.93 bits per heavy atom. The lowest BCUT2D eigenvalue weighted by molar-refractivity contribution is 0.0466. The molecular formula is C21H21Cl2NO5. The van der Waals surface area contributed by atoms with Gasteiger partial charge in [-0.15, -0.1) is 0 Å². The highest BCUT2D eigenvalue weighted by molar-refractivity contribution is 6.42. The van der Waals surface area contributed by atoms with Gasteiger partial charge in [-0.05, 0) is 36.8 Å². The van der Waals surface area contributed by atoms with Crippen molar-refractivity contribution in [3.8, 4) is 5.75 Å². The number of carbonyl (C=O) groups excluding carboxylic acids is 1. The molecule has 0 aliphatic heterocycles. The summed E-state index contributed by atoms with van der Waals surface area (Å²) in [6.45, 7) is 1.64. The maximum Gasteiger partial charge on any atom is 0.358 e. The summed E-state index contributed by atoms with van der Waals surface area (Å²) in [5.74, 6) is -0.246. The van der Waals surface area contributed by atoms with Gasteiger partial charge < -0.3 is 24.3 Å². The highest BCUT2D eigenvalue weighted by Crippen LogP contribution is 2.35. The molecule has 154 valence electrons. The molecule has 6 nitrogen and oxygen atoms in total. The molecule has 0 aliphatic rings. The summed E-state index contributed by atoms with van der Waals surface area (Å²) in [5, 5.41) is 20.3. The number of aromatic nitrogens is 1. The molecule has 3 rings (SSSR count). The molecule has 0 fully saturated rings. The molecule has 1 unspecified atom stereocenters. The van der Waals surface area contributed by atoms with E-state index in [4.69, 9.17) is 37.8 Å². The van der Waals surface area contributed by atoms with Gasteiger partial charge in [0.15, 0.2) is 11.4 Å². The molecule has 2 aromatic carbocycles. The lowest BCUT2D eigenvalue weighted by Crippen LogP contribution is -2.22. The lowest BCUT2D eigenvalue weighted by atomic mass is 10.2. The van der Waals surface area contributed by atoms with Crippen molar-refractivity contribution >= 4 is 40.1 Å². The van der Waals surface area contributed by atoms with Crippen LogP contribution in [0.2, 0.25) is 10.0 Å². The molecule has 2 N–H and O–H groups in total. The van der Waals surface area contributed by atoms with E-state index in [-0.39, 0.29) is 18.9 Å². The second-order valence-electron chi connectivity index (χ2n) is 6.40. The summed E-state index contributed by atoms with van der Waals surface area (Å²) in [6.07, 6.45) is -1.07. The zero-order valence-corrected chi connectivity index (χ0v) is 17.3. The monoisotopic (exact) mass is 437 g/mol. The van der Waals surface area contributed by atoms with Gasteiger partial charge in [0.2, 0.25) is 0 Å². The molecule has 0 aliphatic carbocycles. The van der Waals surface area contributed by atoms with Crippen LogP contribution in [0.5, 0.6) is 5.75 Å². The fraction of sp³-hybridized carbons (Fsp3) is 0.286. The molecule has 8 heteroatoms. The van der Waals surface area contributed by atoms with Crippen molar-refractivity contribution in [3.63, 3.8) is 0 Å². The molecule has 0 amide bonds. The van der Waals surface area contributed by atoms with E-state index < -0.39 is 18.7 Å². The molecule has 1 aromatic heterocycles. The van der Waals surface area contributed by atoms with E-state index in [9.17, 15) is 9.90 Å². The summed E-state index contributed by atoms with van der Waals surface area (Å²) in [6, 6.07) is 12.6. The first-order valence-electron chi connectivity index (χ1n) is 9.10. The highest BCUT2D eigenvalue weighted by Gasteiger charge is 2.26. The third-order valence-corrected chi connectivity index (χ3v) is 5.09. The third kappa shape index (κ3) is 4.67. The van der Waals surface area contributed by atoms with Gasteiger partial charge in [-0.25, -0.2) is 4.79 Å². The number of aliphatic hydroxyl groups is 2. The number of nitrogens with zero attached hydrogens (tertiary/aromatic N) is 1. The topological polar surface area (TPSA) is 80.9 Å². The lowest BCUT2D eigenvalue weighted by Gasteiger charge is -2.13. The number of rotatable bonds is 8. The van der Waals surface area contributed by atoms with Crippen molar-refractivity contribution in [2.45, 2.75) is 19.6 Å². The minimum absolute atomic E-state index is 0.163. The van der Waals surface area contributed by atoms with Crippen molar-refractivity contribution in [3.05, 3.63) is 63.8 Å². The quantitative estimate of drug-likeness (QED) is 0.522. The number of benzene rings is 2. The van der Waals surface area contributed by atoms with Crippen molar-refractivity contribution in [1.29, 1.82) is 0 Å². The average molecular weight is 438 g/mol. The maximum atomic E-state index is 12.8. The second kappa shape index (κ2) is 9.50. The largest absolute Gasteiger partial charge is 0.488 e. The first-order valence-corrected chi connectivity index (χ1v) is 9.85. The molecule has 3 aromatic rings. The number of fused-ring (bicyclic) bond motifs is 1. The van der Waals surface area contributed by atoms with E-state index >= 15 is 0 Å². The Bertz CT molecular complexity index is 1020. The van der Waals surface area contributed by atoms with Gasteiger partial charge in [0.05, 0.1) is 28.8 Å². The number of halogens is 2. The van der Waals surface area contributed by atoms with Crippen molar-refractivity contribution in [2.75, 3.05) is 19.8 Å². The number of ether oxygens (including phenoxy) is 2. The zero-order chi connectivity index (χ0) is 21.0. The molecule has 0 radical (unpaired) electrons. The number of hydrogen-bond acceptors (Lipinski definition) is 5. The van der Waals surface area contributed by atoms with Gasteiger partial charge in [-0.2, -0.15) is 0 Å². The Morgan fingerprint density at radius 3 is 2.62 bits per heavy atom. The van der Waals surface area contributed by atoms with Crippen molar-refractivity contribution in [2.24, 2.45) is 0 Å². The third-order valence-electron chi connectivity index (χ3n) is 4.35. The molecule has 29 heavy (non-hydrogen) atoms. The predicted molar refractivity (Wildman–Crippen MR) is 112 cm³/mol. The van der Waals surface area contributed by atoms with E-state index in [1.54, 1.807) is 23.6 Å². The summed E-state index contributed by atoms with van der Waals surface area (Å²) in [7, 11) is 0. The molecule has 0 saturated heterocycles. The first kappa shape index (κ1) is 21.5. The van der Waals surface area contributed by atoms with E-state index in [2.05, 4.69) is 0 Å². The molecular weight excluding hydrogens is 417 g/mol. The van der Waals surface area contributed by atoms with Gasteiger partial charge in [-0.1, -0.05) is 41.4 Å². The van der Waals surface area contributed by atoms with Crippen molar-refractivity contribution < 1.29 is 24.5 Å². The highest BCUT2D eigenvalue weighted by atomic mass is 35.5. The van der Waals surface area contributed by atoms with Gasteiger partial charge in [0.1, 0.15) is 12.7 Å². The van der Waals surface area contributed by atoms with Crippen LogP contribution in [0, 0.1) is 0 Å². The van der Waals surface area contributed by atoms with Gasteiger partial charge in [0, 0.05) is 11.9 Å². The minimum Gasteiger partial charge on any atom is -0.488 e. The van der Waals surface area contributed by atoms with Gasteiger partial charge in [0.25, 0.3) is 0 Å². The van der Waals surface area contributed by atoms with E-state index in [1.165, 1.54) is 0 Å². The Kier molecular flexibility index (Phi) is 7.03. The molecule has 0 bridgehead atoms. The van der Waals surface area contributed by atoms with Crippen LogP contribution in [-0.2, 0) is 11.3 Å². The maximum absolute atomic E-state index is 12.8. The van der Waals surface area contributed by atoms with Crippen LogP contribution in [0.25, 0.3) is 10.9 Å². The predicted octanol–water partition coefficient (Wildman–Crippen LogP) is 3.91. The second-order valence-corrected chi connectivity index (χ2v) is 7.21. The molecule has 1 heterocycles. The molecule has 1 atom stereocenters. The Morgan fingerprint density at radius 1 is 1.17 bits per heavy atom. The number of carbonyl (C=O) groups is 1. The number of para-hydroxylation sites is 1. The van der Waals surface area contributed by atoms with Gasteiger partial charge in [-0.3, -0.25) is 0 Å². The summed E-state index contributed by atoms with van der Waals surface area (Å²) in [4.78, 5) is 12.8. The number of hydrogen-bond donors (Lipinski definition) is 2. The molecule has 0 saturated carbocycles. The fourth-order valence-electron chi connectivity index (χ4n) is 3.04. The van der Waals surface area contributed by atoms with E-state index in [0.717, 1.165) is 11.1 Å². The smallest absolute Gasteiger partial charge is 0.358 e. The minimum atomic E-state index is -1.07. The van der Waals surface area contributed by atoms with Crippen LogP contribution < -0.4 is 4.74 Å². The van der Waals surface area contributed by atoms with Crippen LogP contribution in [0.1, 0.15) is 23.0 Å². The molecule has 0 spiro atoms. The Labute approximate surface area is 178 Å². The van der Waals surface area contributed by atoms with E-state index in [0.29, 0.717) is 27.7 Å². The average Bonchev–Trinajstić information content (AvgIpc) is 3.02. The summed E-state index contributed by atoms with van der Waals surface area (Å²) in [5.41, 5.74) is 1.83. The summed E-state index contributed by atoms with van der Waals surface area (Å²) < 4.78 is 12.8. The van der Waals surface area contributed by atoms with E-state index in [1.807, 2.05) is 30.3 Å². The first-order chi connectivity index (χ1) is 14.0. The van der Waals surface area contributed by atoms with Crippen molar-refractivity contribution in [1.82, 2.24) is 4.57 Å². The van der Waals surface area contributed by atoms with Crippen LogP contribution in [0.4, 0.5) is 0 Å². The van der Waals surface area contributed by atoms with Crippen LogP contribution in [-0.4, -0.2) is 46.7 Å². The standard InChI is InChI=1S/C21H21Cl2NO5/c1-2-28-21(27)19-20(29-12-14(26)11-25)15-5-3-4-6-18(15)24(19)10-13-7-8-16(22)17(23)9-13/h3-9,14,25-26H,2,10-12H2,1H3. The van der Waals surface area contributed by atoms with Crippen LogP contribution in [0.15, 0.2) is 42.5 Å². The number of esters is 1. The normalized spacial score (nSPS) is 12.2. The van der Waals surface area contributed by atoms with Crippen LogP contribution >= 0.6 is 23.2 Å². The summed E-state index contributed by atoms with van der Waals surface area (Å²) >= 11 is 12.2.